The average molecular weight is 396 g/mol. The second kappa shape index (κ2) is 10.6. The highest BCUT2D eigenvalue weighted by Crippen LogP contribution is 2.32. The number of carbonyl (C=O) groups excluding carboxylic acids is 3. The van der Waals surface area contributed by atoms with Crippen molar-refractivity contribution >= 4 is 17.7 Å². The largest absolute Gasteiger partial charge is 0.462 e. The molecule has 0 aliphatic rings. The van der Waals surface area contributed by atoms with Gasteiger partial charge in [-0.05, 0) is 33.3 Å². The fourth-order valence-corrected chi connectivity index (χ4v) is 3.11. The Morgan fingerprint density at radius 1 is 0.724 bits per heavy atom. The minimum atomic E-state index is -1.23. The summed E-state index contributed by atoms with van der Waals surface area (Å²) in [6.07, 6.45) is -0.796. The van der Waals surface area contributed by atoms with Crippen molar-refractivity contribution in [2.75, 3.05) is 0 Å². The van der Waals surface area contributed by atoms with Gasteiger partial charge in [-0.1, -0.05) is 60.7 Å². The highest BCUT2D eigenvalue weighted by Gasteiger charge is 2.40. The van der Waals surface area contributed by atoms with E-state index in [4.69, 9.17) is 9.47 Å². The number of carbonyl (C=O) groups is 3. The standard InChI is InChI=1S/C24H28O5/c1-16(2)28-23(26)22(24(27)29-17(3)4)20(18-11-7-5-8-12-18)15-21(25)19-13-9-6-10-14-19/h5-14,16-17,20,22H,15H2,1-4H3/t20-/m0/s1. The third-order valence-corrected chi connectivity index (χ3v) is 4.34. The van der Waals surface area contributed by atoms with Gasteiger partial charge in [-0.15, -0.1) is 0 Å². The second-order valence-corrected chi connectivity index (χ2v) is 7.46. The molecule has 0 spiro atoms. The lowest BCUT2D eigenvalue weighted by molar-refractivity contribution is -0.167. The minimum absolute atomic E-state index is 0.0148. The topological polar surface area (TPSA) is 69.7 Å². The zero-order chi connectivity index (χ0) is 21.4. The lowest BCUT2D eigenvalue weighted by atomic mass is 9.81. The summed E-state index contributed by atoms with van der Waals surface area (Å²) in [5.41, 5.74) is 1.24. The van der Waals surface area contributed by atoms with Gasteiger partial charge >= 0.3 is 11.9 Å². The first-order valence-corrected chi connectivity index (χ1v) is 9.83. The van der Waals surface area contributed by atoms with Crippen molar-refractivity contribution in [3.8, 4) is 0 Å². The van der Waals surface area contributed by atoms with Gasteiger partial charge in [-0.3, -0.25) is 14.4 Å². The average Bonchev–Trinajstić information content (AvgIpc) is 2.67. The third-order valence-electron chi connectivity index (χ3n) is 4.34. The van der Waals surface area contributed by atoms with E-state index < -0.39 is 36.0 Å². The van der Waals surface area contributed by atoms with E-state index in [1.807, 2.05) is 24.3 Å². The van der Waals surface area contributed by atoms with Crippen LogP contribution in [0.5, 0.6) is 0 Å². The van der Waals surface area contributed by atoms with Crippen LogP contribution in [0.1, 0.15) is 56.0 Å². The molecular weight excluding hydrogens is 368 g/mol. The van der Waals surface area contributed by atoms with Gasteiger partial charge in [-0.2, -0.15) is 0 Å². The molecule has 0 N–H and O–H groups in total. The molecule has 0 aliphatic heterocycles. The van der Waals surface area contributed by atoms with E-state index in [2.05, 4.69) is 0 Å². The van der Waals surface area contributed by atoms with Gasteiger partial charge < -0.3 is 9.47 Å². The maximum absolute atomic E-state index is 12.9. The molecule has 29 heavy (non-hydrogen) atoms. The molecule has 0 bridgehead atoms. The molecule has 2 aromatic carbocycles. The first-order chi connectivity index (χ1) is 13.8. The number of hydrogen-bond acceptors (Lipinski definition) is 5. The first-order valence-electron chi connectivity index (χ1n) is 9.83. The lowest BCUT2D eigenvalue weighted by Gasteiger charge is -2.26. The molecule has 0 fully saturated rings. The van der Waals surface area contributed by atoms with Crippen molar-refractivity contribution in [1.29, 1.82) is 0 Å². The summed E-state index contributed by atoms with van der Waals surface area (Å²) in [6.45, 7) is 6.87. The van der Waals surface area contributed by atoms with Crippen LogP contribution in [-0.4, -0.2) is 29.9 Å². The van der Waals surface area contributed by atoms with Crippen LogP contribution in [0.3, 0.4) is 0 Å². The second-order valence-electron chi connectivity index (χ2n) is 7.46. The summed E-state index contributed by atoms with van der Waals surface area (Å²) in [5, 5.41) is 0. The van der Waals surface area contributed by atoms with E-state index >= 15 is 0 Å². The molecule has 154 valence electrons. The Hall–Kier alpha value is -2.95. The predicted molar refractivity (Wildman–Crippen MR) is 111 cm³/mol. The number of hydrogen-bond donors (Lipinski definition) is 0. The van der Waals surface area contributed by atoms with Gasteiger partial charge in [0.1, 0.15) is 0 Å². The van der Waals surface area contributed by atoms with Gasteiger partial charge in [-0.25, -0.2) is 0 Å². The predicted octanol–water partition coefficient (Wildman–Crippen LogP) is 4.56. The molecule has 0 radical (unpaired) electrons. The smallest absolute Gasteiger partial charge is 0.321 e. The maximum Gasteiger partial charge on any atom is 0.321 e. The van der Waals surface area contributed by atoms with Crippen LogP contribution in [-0.2, 0) is 19.1 Å². The number of esters is 2. The van der Waals surface area contributed by atoms with E-state index in [9.17, 15) is 14.4 Å². The van der Waals surface area contributed by atoms with Crippen LogP contribution in [0.15, 0.2) is 60.7 Å². The van der Waals surface area contributed by atoms with Crippen LogP contribution in [0.2, 0.25) is 0 Å². The fourth-order valence-electron chi connectivity index (χ4n) is 3.11. The zero-order valence-corrected chi connectivity index (χ0v) is 17.3. The monoisotopic (exact) mass is 396 g/mol. The Bertz CT molecular complexity index is 790. The van der Waals surface area contributed by atoms with Crippen LogP contribution in [0.25, 0.3) is 0 Å². The van der Waals surface area contributed by atoms with Crippen molar-refractivity contribution in [2.24, 2.45) is 5.92 Å². The summed E-state index contributed by atoms with van der Waals surface area (Å²) in [6, 6.07) is 17.9. The van der Waals surface area contributed by atoms with Crippen molar-refractivity contribution in [1.82, 2.24) is 0 Å². The Kier molecular flexibility index (Phi) is 8.13. The molecule has 0 aromatic heterocycles. The molecule has 0 heterocycles. The quantitative estimate of drug-likeness (QED) is 0.353. The van der Waals surface area contributed by atoms with E-state index in [-0.39, 0.29) is 12.2 Å². The Balaban J connectivity index is 2.44. The summed E-state index contributed by atoms with van der Waals surface area (Å²) < 4.78 is 10.7. The Labute approximate surface area is 172 Å². The van der Waals surface area contributed by atoms with Crippen molar-refractivity contribution in [2.45, 2.75) is 52.2 Å². The van der Waals surface area contributed by atoms with Gasteiger partial charge in [0, 0.05) is 17.9 Å². The number of Topliss-reactive ketones (excluding diaryl/α,β-unsaturated/α-hetero) is 1. The van der Waals surface area contributed by atoms with E-state index in [1.54, 1.807) is 64.1 Å². The zero-order valence-electron chi connectivity index (χ0n) is 17.3. The van der Waals surface area contributed by atoms with E-state index in [0.29, 0.717) is 11.1 Å². The van der Waals surface area contributed by atoms with Crippen molar-refractivity contribution in [3.63, 3.8) is 0 Å². The number of ketones is 1. The summed E-state index contributed by atoms with van der Waals surface area (Å²) in [5.74, 6) is -3.43. The van der Waals surface area contributed by atoms with Crippen molar-refractivity contribution < 1.29 is 23.9 Å². The summed E-state index contributed by atoms with van der Waals surface area (Å²) in [7, 11) is 0. The van der Waals surface area contributed by atoms with Gasteiger partial charge in [0.05, 0.1) is 12.2 Å². The van der Waals surface area contributed by atoms with Crippen LogP contribution in [0, 0.1) is 5.92 Å². The van der Waals surface area contributed by atoms with Crippen molar-refractivity contribution in [3.05, 3.63) is 71.8 Å². The van der Waals surface area contributed by atoms with Gasteiger partial charge in [0.15, 0.2) is 11.7 Å². The van der Waals surface area contributed by atoms with Gasteiger partial charge in [0.25, 0.3) is 0 Å². The number of ether oxygens (including phenoxy) is 2. The highest BCUT2D eigenvalue weighted by molar-refractivity contribution is 6.00. The molecular formula is C24H28O5. The molecule has 0 saturated carbocycles. The molecule has 2 aromatic rings. The number of rotatable bonds is 9. The maximum atomic E-state index is 12.9. The molecule has 5 heteroatoms. The molecule has 0 saturated heterocycles. The molecule has 1 atom stereocenters. The van der Waals surface area contributed by atoms with Gasteiger partial charge in [0.2, 0.25) is 0 Å². The summed E-state index contributed by atoms with van der Waals surface area (Å²) >= 11 is 0. The fraction of sp³-hybridized carbons (Fsp3) is 0.375. The first kappa shape index (κ1) is 22.3. The van der Waals surface area contributed by atoms with Crippen LogP contribution in [0.4, 0.5) is 0 Å². The van der Waals surface area contributed by atoms with Crippen LogP contribution >= 0.6 is 0 Å². The molecule has 0 unspecified atom stereocenters. The minimum Gasteiger partial charge on any atom is -0.462 e. The normalized spacial score (nSPS) is 12.1. The van der Waals surface area contributed by atoms with Crippen LogP contribution < -0.4 is 0 Å². The summed E-state index contributed by atoms with van der Waals surface area (Å²) in [4.78, 5) is 38.7. The number of benzene rings is 2. The Morgan fingerprint density at radius 3 is 1.62 bits per heavy atom. The highest BCUT2D eigenvalue weighted by atomic mass is 16.6. The molecule has 0 aliphatic carbocycles. The van der Waals surface area contributed by atoms with E-state index in [1.165, 1.54) is 0 Å². The third kappa shape index (κ3) is 6.56. The SMILES string of the molecule is CC(C)OC(=O)C(C(=O)OC(C)C)[C@@H](CC(=O)c1ccccc1)c1ccccc1. The Morgan fingerprint density at radius 2 is 1.17 bits per heavy atom. The lowest BCUT2D eigenvalue weighted by Crippen LogP contribution is -2.36. The van der Waals surface area contributed by atoms with E-state index in [0.717, 1.165) is 0 Å². The molecule has 0 amide bonds. The molecule has 2 rings (SSSR count). The molecule has 5 nitrogen and oxygen atoms in total.